The highest BCUT2D eigenvalue weighted by atomic mass is 35.5. The minimum atomic E-state index is -0.391. The Kier molecular flexibility index (Phi) is 5.14. The first-order valence-corrected chi connectivity index (χ1v) is 9.86. The Hall–Kier alpha value is -3.44. The number of benzene rings is 3. The number of rotatable bonds is 4. The van der Waals surface area contributed by atoms with Gasteiger partial charge < -0.3 is 5.32 Å². The maximum Gasteiger partial charge on any atom is 0.266 e. The number of amides is 3. The lowest BCUT2D eigenvalue weighted by Crippen LogP contribution is -2.30. The van der Waals surface area contributed by atoms with Gasteiger partial charge in [-0.2, -0.15) is 0 Å². The van der Waals surface area contributed by atoms with E-state index in [-0.39, 0.29) is 23.8 Å². The van der Waals surface area contributed by atoms with Crippen LogP contribution in [0.25, 0.3) is 0 Å². The molecule has 3 amide bonds. The first-order valence-electron chi connectivity index (χ1n) is 9.48. The molecule has 0 aliphatic carbocycles. The van der Waals surface area contributed by atoms with Crippen molar-refractivity contribution < 1.29 is 14.4 Å². The average Bonchev–Trinajstić information content (AvgIpc) is 2.96. The lowest BCUT2D eigenvalue weighted by atomic mass is 10.1. The number of imide groups is 1. The number of carbonyl (C=O) groups excluding carboxylic acids is 3. The van der Waals surface area contributed by atoms with Gasteiger partial charge in [0.2, 0.25) is 5.91 Å². The van der Waals surface area contributed by atoms with Crippen molar-refractivity contribution in [2.45, 2.75) is 20.3 Å². The van der Waals surface area contributed by atoms with Gasteiger partial charge in [0.25, 0.3) is 11.8 Å². The second-order valence-corrected chi connectivity index (χ2v) is 7.71. The van der Waals surface area contributed by atoms with Crippen LogP contribution < -0.4 is 10.2 Å². The third-order valence-corrected chi connectivity index (χ3v) is 5.52. The average molecular weight is 419 g/mol. The number of nitrogens with one attached hydrogen (secondary N) is 1. The SMILES string of the molecule is Cc1cccc(N2C(=O)c3ccc(NC(=O)Cc4ccc(Cl)cc4)cc3C2=O)c1C. The fourth-order valence-electron chi connectivity index (χ4n) is 3.51. The molecular weight excluding hydrogens is 400 g/mol. The van der Waals surface area contributed by atoms with Gasteiger partial charge in [-0.3, -0.25) is 14.4 Å². The van der Waals surface area contributed by atoms with Gasteiger partial charge in [-0.15, -0.1) is 0 Å². The van der Waals surface area contributed by atoms with Crippen molar-refractivity contribution >= 4 is 40.7 Å². The molecule has 0 radical (unpaired) electrons. The van der Waals surface area contributed by atoms with E-state index in [1.54, 1.807) is 48.5 Å². The van der Waals surface area contributed by atoms with Gasteiger partial charge in [0.15, 0.2) is 0 Å². The minimum Gasteiger partial charge on any atom is -0.326 e. The van der Waals surface area contributed by atoms with Crippen LogP contribution in [0.15, 0.2) is 60.7 Å². The molecular formula is C24H19ClN2O3. The van der Waals surface area contributed by atoms with E-state index >= 15 is 0 Å². The Balaban J connectivity index is 1.56. The molecule has 0 saturated carbocycles. The molecule has 0 bridgehead atoms. The second-order valence-electron chi connectivity index (χ2n) is 7.28. The fourth-order valence-corrected chi connectivity index (χ4v) is 3.63. The quantitative estimate of drug-likeness (QED) is 0.610. The molecule has 0 unspecified atom stereocenters. The maximum atomic E-state index is 13.0. The lowest BCUT2D eigenvalue weighted by molar-refractivity contribution is -0.115. The number of hydrogen-bond acceptors (Lipinski definition) is 3. The number of carbonyl (C=O) groups is 3. The first kappa shape index (κ1) is 19.9. The molecule has 3 aromatic carbocycles. The van der Waals surface area contributed by atoms with Crippen molar-refractivity contribution in [2.75, 3.05) is 10.2 Å². The second kappa shape index (κ2) is 7.76. The van der Waals surface area contributed by atoms with Crippen molar-refractivity contribution in [3.63, 3.8) is 0 Å². The van der Waals surface area contributed by atoms with Crippen molar-refractivity contribution in [1.29, 1.82) is 0 Å². The zero-order valence-corrected chi connectivity index (χ0v) is 17.3. The zero-order chi connectivity index (χ0) is 21.4. The van der Waals surface area contributed by atoms with Crippen LogP contribution in [0.3, 0.4) is 0 Å². The van der Waals surface area contributed by atoms with Crippen LogP contribution >= 0.6 is 11.6 Å². The molecule has 0 fully saturated rings. The van der Waals surface area contributed by atoms with E-state index in [0.717, 1.165) is 16.7 Å². The van der Waals surface area contributed by atoms with Gasteiger partial charge in [-0.1, -0.05) is 35.9 Å². The van der Waals surface area contributed by atoms with Gasteiger partial charge in [-0.25, -0.2) is 4.90 Å². The fraction of sp³-hybridized carbons (Fsp3) is 0.125. The molecule has 3 aromatic rings. The van der Waals surface area contributed by atoms with Gasteiger partial charge in [0.1, 0.15) is 0 Å². The molecule has 4 rings (SSSR count). The van der Waals surface area contributed by atoms with Crippen LogP contribution in [-0.2, 0) is 11.2 Å². The van der Waals surface area contributed by atoms with Crippen molar-refractivity contribution in [1.82, 2.24) is 0 Å². The number of hydrogen-bond donors (Lipinski definition) is 1. The molecule has 1 aliphatic heterocycles. The summed E-state index contributed by atoms with van der Waals surface area (Å²) < 4.78 is 0. The summed E-state index contributed by atoms with van der Waals surface area (Å²) in [6.45, 7) is 3.82. The summed E-state index contributed by atoms with van der Waals surface area (Å²) in [4.78, 5) is 39.5. The smallest absolute Gasteiger partial charge is 0.266 e. The van der Waals surface area contributed by atoms with Gasteiger partial charge >= 0.3 is 0 Å². The molecule has 1 heterocycles. The summed E-state index contributed by atoms with van der Waals surface area (Å²) in [6.07, 6.45) is 0.176. The van der Waals surface area contributed by atoms with Gasteiger partial charge in [0.05, 0.1) is 23.2 Å². The molecule has 5 nitrogen and oxygen atoms in total. The largest absolute Gasteiger partial charge is 0.326 e. The van der Waals surface area contributed by atoms with E-state index in [1.165, 1.54) is 4.90 Å². The van der Waals surface area contributed by atoms with E-state index in [0.29, 0.717) is 22.0 Å². The summed E-state index contributed by atoms with van der Waals surface area (Å²) in [5.74, 6) is -0.972. The minimum absolute atomic E-state index is 0.176. The molecule has 0 aromatic heterocycles. The summed E-state index contributed by atoms with van der Waals surface area (Å²) >= 11 is 5.87. The van der Waals surface area contributed by atoms with Crippen LogP contribution in [0, 0.1) is 13.8 Å². The van der Waals surface area contributed by atoms with Gasteiger partial charge in [0, 0.05) is 10.7 Å². The Morgan fingerprint density at radius 3 is 2.37 bits per heavy atom. The molecule has 0 atom stereocenters. The molecule has 0 saturated heterocycles. The highest BCUT2D eigenvalue weighted by Crippen LogP contribution is 2.33. The third-order valence-electron chi connectivity index (χ3n) is 5.27. The van der Waals surface area contributed by atoms with Crippen LogP contribution in [-0.4, -0.2) is 17.7 Å². The topological polar surface area (TPSA) is 66.5 Å². The van der Waals surface area contributed by atoms with Crippen LogP contribution in [0.4, 0.5) is 11.4 Å². The van der Waals surface area contributed by atoms with E-state index in [4.69, 9.17) is 11.6 Å². The summed E-state index contributed by atoms with van der Waals surface area (Å²) in [5.41, 5.74) is 4.36. The number of aryl methyl sites for hydroxylation is 1. The summed E-state index contributed by atoms with van der Waals surface area (Å²) in [6, 6.07) is 17.3. The number of fused-ring (bicyclic) bond motifs is 1. The van der Waals surface area contributed by atoms with E-state index in [9.17, 15) is 14.4 Å². The van der Waals surface area contributed by atoms with Crippen LogP contribution in [0.1, 0.15) is 37.4 Å². The monoisotopic (exact) mass is 418 g/mol. The standard InChI is InChI=1S/C24H19ClN2O3/c1-14-4-3-5-21(15(14)2)27-23(29)19-11-10-18(13-20(19)24(27)30)26-22(28)12-16-6-8-17(25)9-7-16/h3-11,13H,12H2,1-2H3,(H,26,28). The van der Waals surface area contributed by atoms with E-state index in [2.05, 4.69) is 5.32 Å². The highest BCUT2D eigenvalue weighted by Gasteiger charge is 2.37. The first-order chi connectivity index (χ1) is 14.3. The molecule has 30 heavy (non-hydrogen) atoms. The van der Waals surface area contributed by atoms with E-state index < -0.39 is 5.91 Å². The molecule has 6 heteroatoms. The Morgan fingerprint density at radius 2 is 1.63 bits per heavy atom. The molecule has 1 aliphatic rings. The Labute approximate surface area is 179 Å². The summed E-state index contributed by atoms with van der Waals surface area (Å²) in [7, 11) is 0. The zero-order valence-electron chi connectivity index (χ0n) is 16.5. The Bertz CT molecular complexity index is 1190. The van der Waals surface area contributed by atoms with Crippen LogP contribution in [0.5, 0.6) is 0 Å². The number of anilines is 2. The van der Waals surface area contributed by atoms with Crippen LogP contribution in [0.2, 0.25) is 5.02 Å². The highest BCUT2D eigenvalue weighted by molar-refractivity contribution is 6.35. The Morgan fingerprint density at radius 1 is 0.933 bits per heavy atom. The van der Waals surface area contributed by atoms with Gasteiger partial charge in [-0.05, 0) is 66.9 Å². The predicted molar refractivity (Wildman–Crippen MR) is 117 cm³/mol. The van der Waals surface area contributed by atoms with Crippen molar-refractivity contribution in [2.24, 2.45) is 0 Å². The maximum absolute atomic E-state index is 13.0. The normalized spacial score (nSPS) is 12.8. The molecule has 1 N–H and O–H groups in total. The lowest BCUT2D eigenvalue weighted by Gasteiger charge is -2.17. The van der Waals surface area contributed by atoms with Crippen molar-refractivity contribution in [3.05, 3.63) is 93.5 Å². The number of halogens is 1. The van der Waals surface area contributed by atoms with E-state index in [1.807, 2.05) is 26.0 Å². The van der Waals surface area contributed by atoms with Crippen molar-refractivity contribution in [3.8, 4) is 0 Å². The predicted octanol–water partition coefficient (Wildman–Crippen LogP) is 4.94. The number of nitrogens with zero attached hydrogens (tertiary/aromatic N) is 1. The molecule has 150 valence electrons. The third kappa shape index (κ3) is 3.60. The molecule has 0 spiro atoms. The summed E-state index contributed by atoms with van der Waals surface area (Å²) in [5, 5.41) is 3.40.